The van der Waals surface area contributed by atoms with Crippen molar-refractivity contribution in [1.29, 1.82) is 0 Å². The van der Waals surface area contributed by atoms with E-state index >= 15 is 0 Å². The van der Waals surface area contributed by atoms with E-state index in [1.807, 2.05) is 12.2 Å². The SMILES string of the molecule is C=C/C=C/CCCC/C=C\I. The average molecular weight is 262 g/mol. The maximum atomic E-state index is 3.61. The highest BCUT2D eigenvalue weighted by atomic mass is 127. The fourth-order valence-corrected chi connectivity index (χ4v) is 1.14. The van der Waals surface area contributed by atoms with Gasteiger partial charge in [0.25, 0.3) is 0 Å². The second kappa shape index (κ2) is 9.95. The number of hydrogen-bond acceptors (Lipinski definition) is 0. The van der Waals surface area contributed by atoms with Crippen molar-refractivity contribution in [1.82, 2.24) is 0 Å². The van der Waals surface area contributed by atoms with Gasteiger partial charge in [-0.1, -0.05) is 53.5 Å². The van der Waals surface area contributed by atoms with E-state index in [4.69, 9.17) is 0 Å². The zero-order valence-electron chi connectivity index (χ0n) is 6.80. The normalized spacial score (nSPS) is 11.4. The molecule has 0 nitrogen and oxygen atoms in total. The van der Waals surface area contributed by atoms with Crippen LogP contribution in [0.3, 0.4) is 0 Å². The molecule has 0 N–H and O–H groups in total. The van der Waals surface area contributed by atoms with Crippen molar-refractivity contribution in [2.75, 3.05) is 0 Å². The molecule has 0 aromatic rings. The Bertz CT molecular complexity index is 134. The first kappa shape index (κ1) is 11.0. The second-order valence-electron chi connectivity index (χ2n) is 2.31. The van der Waals surface area contributed by atoms with Crippen LogP contribution in [0.5, 0.6) is 0 Å². The van der Waals surface area contributed by atoms with Crippen molar-refractivity contribution < 1.29 is 0 Å². The van der Waals surface area contributed by atoms with Gasteiger partial charge < -0.3 is 0 Å². The maximum Gasteiger partial charge on any atom is -0.0274 e. The topological polar surface area (TPSA) is 0 Å². The Balaban J connectivity index is 3.02. The minimum absolute atomic E-state index is 1.18. The predicted molar refractivity (Wildman–Crippen MR) is 61.0 cm³/mol. The van der Waals surface area contributed by atoms with E-state index in [2.05, 4.69) is 45.4 Å². The molecule has 0 aliphatic carbocycles. The molecule has 0 aromatic carbocycles. The van der Waals surface area contributed by atoms with Crippen LogP contribution in [0.4, 0.5) is 0 Å². The van der Waals surface area contributed by atoms with Gasteiger partial charge in [-0.25, -0.2) is 0 Å². The number of unbranched alkanes of at least 4 members (excludes halogenated alkanes) is 3. The molecule has 0 spiro atoms. The standard InChI is InChI=1S/C10H15I/c1-2-3-4-5-6-7-8-9-10-11/h2-4,9-10H,1,5-8H2/b4-3+,10-9-. The Morgan fingerprint density at radius 3 is 2.27 bits per heavy atom. The highest BCUT2D eigenvalue weighted by Crippen LogP contribution is 2.02. The summed E-state index contributed by atoms with van der Waals surface area (Å²) in [6.45, 7) is 3.61. The van der Waals surface area contributed by atoms with Crippen LogP contribution in [0.15, 0.2) is 35.0 Å². The van der Waals surface area contributed by atoms with Crippen molar-refractivity contribution in [2.24, 2.45) is 0 Å². The summed E-state index contributed by atoms with van der Waals surface area (Å²) in [5.41, 5.74) is 0. The van der Waals surface area contributed by atoms with Gasteiger partial charge in [-0.2, -0.15) is 0 Å². The zero-order valence-corrected chi connectivity index (χ0v) is 8.96. The van der Waals surface area contributed by atoms with Crippen LogP contribution < -0.4 is 0 Å². The molecule has 0 unspecified atom stereocenters. The minimum atomic E-state index is 1.18. The molecule has 0 saturated carbocycles. The highest BCUT2D eigenvalue weighted by molar-refractivity contribution is 14.1. The molecule has 0 radical (unpaired) electrons. The molecule has 11 heavy (non-hydrogen) atoms. The third-order valence-electron chi connectivity index (χ3n) is 1.35. The Labute approximate surface area is 83.2 Å². The van der Waals surface area contributed by atoms with E-state index in [0.29, 0.717) is 0 Å². The van der Waals surface area contributed by atoms with Crippen molar-refractivity contribution >= 4 is 22.6 Å². The molecule has 0 heterocycles. The van der Waals surface area contributed by atoms with Gasteiger partial charge in [0.05, 0.1) is 0 Å². The molecule has 0 aromatic heterocycles. The first-order chi connectivity index (χ1) is 5.41. The summed E-state index contributed by atoms with van der Waals surface area (Å²) in [6.07, 6.45) is 13.2. The molecule has 1 heteroatoms. The third kappa shape index (κ3) is 9.95. The molecule has 0 atom stereocenters. The van der Waals surface area contributed by atoms with Crippen LogP contribution in [0.25, 0.3) is 0 Å². The van der Waals surface area contributed by atoms with Gasteiger partial charge in [0.1, 0.15) is 0 Å². The quantitative estimate of drug-likeness (QED) is 0.381. The molecule has 0 saturated heterocycles. The summed E-state index contributed by atoms with van der Waals surface area (Å²) in [7, 11) is 0. The predicted octanol–water partition coefficient (Wildman–Crippen LogP) is 4.24. The molecular weight excluding hydrogens is 247 g/mol. The largest absolute Gasteiger partial charge is 0.0991 e. The van der Waals surface area contributed by atoms with Crippen molar-refractivity contribution in [3.05, 3.63) is 35.0 Å². The first-order valence-corrected chi connectivity index (χ1v) is 5.19. The molecule has 62 valence electrons. The zero-order chi connectivity index (χ0) is 8.36. The second-order valence-corrected chi connectivity index (χ2v) is 3.03. The Morgan fingerprint density at radius 2 is 1.73 bits per heavy atom. The fourth-order valence-electron chi connectivity index (χ4n) is 0.780. The summed E-state index contributed by atoms with van der Waals surface area (Å²) >= 11 is 2.25. The van der Waals surface area contributed by atoms with Gasteiger partial charge >= 0.3 is 0 Å². The molecule has 0 rings (SSSR count). The van der Waals surface area contributed by atoms with Gasteiger partial charge in [-0.15, -0.1) is 0 Å². The minimum Gasteiger partial charge on any atom is -0.0991 e. The van der Waals surface area contributed by atoms with Crippen molar-refractivity contribution in [3.8, 4) is 0 Å². The number of halogens is 1. The van der Waals surface area contributed by atoms with E-state index in [9.17, 15) is 0 Å². The van der Waals surface area contributed by atoms with Gasteiger partial charge in [0.2, 0.25) is 0 Å². The lowest BCUT2D eigenvalue weighted by atomic mass is 10.2. The third-order valence-corrected chi connectivity index (χ3v) is 1.86. The lowest BCUT2D eigenvalue weighted by Gasteiger charge is -1.90. The van der Waals surface area contributed by atoms with Crippen LogP contribution >= 0.6 is 22.6 Å². The lowest BCUT2D eigenvalue weighted by molar-refractivity contribution is 0.763. The first-order valence-electron chi connectivity index (χ1n) is 3.94. The summed E-state index contributed by atoms with van der Waals surface area (Å²) < 4.78 is 2.08. The molecular formula is C10H15I. The van der Waals surface area contributed by atoms with Gasteiger partial charge in [-0.05, 0) is 29.8 Å². The van der Waals surface area contributed by atoms with Gasteiger partial charge in [-0.3, -0.25) is 0 Å². The Morgan fingerprint density at radius 1 is 1.09 bits per heavy atom. The monoisotopic (exact) mass is 262 g/mol. The Kier molecular flexibility index (Phi) is 9.90. The highest BCUT2D eigenvalue weighted by Gasteiger charge is 1.81. The van der Waals surface area contributed by atoms with Gasteiger partial charge in [0, 0.05) is 0 Å². The fraction of sp³-hybridized carbons (Fsp3) is 0.400. The van der Waals surface area contributed by atoms with E-state index in [0.717, 1.165) is 0 Å². The van der Waals surface area contributed by atoms with E-state index < -0.39 is 0 Å². The summed E-state index contributed by atoms with van der Waals surface area (Å²) in [5.74, 6) is 0. The summed E-state index contributed by atoms with van der Waals surface area (Å²) in [4.78, 5) is 0. The maximum absolute atomic E-state index is 3.61. The Hall–Kier alpha value is -0.0500. The number of hydrogen-bond donors (Lipinski definition) is 0. The summed E-state index contributed by atoms with van der Waals surface area (Å²) in [6, 6.07) is 0. The van der Waals surface area contributed by atoms with Crippen LogP contribution in [0, 0.1) is 0 Å². The molecule has 0 bridgehead atoms. The van der Waals surface area contributed by atoms with E-state index in [1.54, 1.807) is 0 Å². The van der Waals surface area contributed by atoms with E-state index in [-0.39, 0.29) is 0 Å². The van der Waals surface area contributed by atoms with Crippen LogP contribution in [0.2, 0.25) is 0 Å². The smallest absolute Gasteiger partial charge is 0.0274 e. The molecule has 0 fully saturated rings. The van der Waals surface area contributed by atoms with Crippen LogP contribution in [0.1, 0.15) is 25.7 Å². The average Bonchev–Trinajstić information content (AvgIpc) is 2.03. The van der Waals surface area contributed by atoms with Crippen molar-refractivity contribution in [2.45, 2.75) is 25.7 Å². The molecule has 0 aliphatic heterocycles. The molecule has 0 aliphatic rings. The van der Waals surface area contributed by atoms with Crippen LogP contribution in [-0.4, -0.2) is 0 Å². The number of allylic oxidation sites excluding steroid dienone is 4. The van der Waals surface area contributed by atoms with Gasteiger partial charge in [0.15, 0.2) is 0 Å². The lowest BCUT2D eigenvalue weighted by Crippen LogP contribution is -1.70. The molecule has 0 amide bonds. The van der Waals surface area contributed by atoms with Crippen LogP contribution in [-0.2, 0) is 0 Å². The van der Waals surface area contributed by atoms with Crippen molar-refractivity contribution in [3.63, 3.8) is 0 Å². The van der Waals surface area contributed by atoms with E-state index in [1.165, 1.54) is 25.7 Å². The number of rotatable bonds is 6. The summed E-state index contributed by atoms with van der Waals surface area (Å²) in [5, 5.41) is 0.